The zero-order valence-electron chi connectivity index (χ0n) is 15.3. The van der Waals surface area contributed by atoms with Crippen LogP contribution in [-0.4, -0.2) is 29.9 Å². The lowest BCUT2D eigenvalue weighted by Crippen LogP contribution is -2.17. The van der Waals surface area contributed by atoms with Crippen LogP contribution in [0.25, 0.3) is 0 Å². The molecule has 8 heteroatoms. The van der Waals surface area contributed by atoms with Crippen LogP contribution in [0.3, 0.4) is 0 Å². The van der Waals surface area contributed by atoms with Gasteiger partial charge in [0.25, 0.3) is 11.8 Å². The number of hydrogen-bond donors (Lipinski definition) is 2. The van der Waals surface area contributed by atoms with Gasteiger partial charge < -0.3 is 15.4 Å². The van der Waals surface area contributed by atoms with Gasteiger partial charge in [-0.05, 0) is 54.6 Å². The maximum atomic E-state index is 13.2. The van der Waals surface area contributed by atoms with Gasteiger partial charge in [-0.1, -0.05) is 6.07 Å². The van der Waals surface area contributed by atoms with Crippen LogP contribution >= 0.6 is 0 Å². The van der Waals surface area contributed by atoms with Crippen LogP contribution in [0.1, 0.15) is 31.2 Å². The number of anilines is 2. The first-order valence-corrected chi connectivity index (χ1v) is 8.49. The summed E-state index contributed by atoms with van der Waals surface area (Å²) in [5.41, 5.74) is 1.30. The minimum absolute atomic E-state index is 0.0222. The van der Waals surface area contributed by atoms with E-state index in [0.29, 0.717) is 16.9 Å². The van der Waals surface area contributed by atoms with Gasteiger partial charge in [-0.3, -0.25) is 14.6 Å². The SMILES string of the molecule is COC(=O)c1ccc(NC(=O)c2cc(C(=O)Nc3cccc(F)c3)ccn2)cc1. The molecule has 1 aromatic heterocycles. The summed E-state index contributed by atoms with van der Waals surface area (Å²) in [6.07, 6.45) is 1.33. The highest BCUT2D eigenvalue weighted by atomic mass is 19.1. The number of ether oxygens (including phenoxy) is 1. The van der Waals surface area contributed by atoms with E-state index in [2.05, 4.69) is 20.4 Å². The Bertz CT molecular complexity index is 1070. The lowest BCUT2D eigenvalue weighted by molar-refractivity contribution is 0.0600. The number of methoxy groups -OCH3 is 1. The molecular weight excluding hydrogens is 377 g/mol. The van der Waals surface area contributed by atoms with E-state index in [9.17, 15) is 18.8 Å². The number of nitrogens with one attached hydrogen (secondary N) is 2. The summed E-state index contributed by atoms with van der Waals surface area (Å²) in [5.74, 6) is -2.00. The first-order chi connectivity index (χ1) is 14.0. The number of esters is 1. The summed E-state index contributed by atoms with van der Waals surface area (Å²) in [6.45, 7) is 0. The van der Waals surface area contributed by atoms with Gasteiger partial charge in [-0.15, -0.1) is 0 Å². The zero-order valence-corrected chi connectivity index (χ0v) is 15.3. The summed E-state index contributed by atoms with van der Waals surface area (Å²) < 4.78 is 17.9. The molecule has 0 radical (unpaired) electrons. The lowest BCUT2D eigenvalue weighted by Gasteiger charge is -2.08. The zero-order chi connectivity index (χ0) is 20.8. The smallest absolute Gasteiger partial charge is 0.337 e. The van der Waals surface area contributed by atoms with Crippen molar-refractivity contribution in [2.45, 2.75) is 0 Å². The second kappa shape index (κ2) is 8.75. The minimum atomic E-state index is -0.531. The molecule has 0 aliphatic heterocycles. The monoisotopic (exact) mass is 393 g/mol. The van der Waals surface area contributed by atoms with E-state index in [-0.39, 0.29) is 11.3 Å². The molecule has 0 atom stereocenters. The van der Waals surface area contributed by atoms with Crippen LogP contribution < -0.4 is 10.6 Å². The van der Waals surface area contributed by atoms with Gasteiger partial charge in [-0.2, -0.15) is 0 Å². The number of carbonyl (C=O) groups is 3. The number of carbonyl (C=O) groups excluding carboxylic acids is 3. The van der Waals surface area contributed by atoms with Crippen molar-refractivity contribution in [2.24, 2.45) is 0 Å². The Hall–Kier alpha value is -4.07. The second-order valence-electron chi connectivity index (χ2n) is 5.92. The van der Waals surface area contributed by atoms with Crippen molar-refractivity contribution in [3.8, 4) is 0 Å². The Morgan fingerprint density at radius 3 is 2.28 bits per heavy atom. The van der Waals surface area contributed by atoms with Crippen LogP contribution in [0, 0.1) is 5.82 Å². The molecule has 29 heavy (non-hydrogen) atoms. The molecular formula is C21H16FN3O4. The molecule has 1 heterocycles. The Labute approximate surface area is 165 Å². The molecule has 2 N–H and O–H groups in total. The Kier molecular flexibility index (Phi) is 5.94. The van der Waals surface area contributed by atoms with Gasteiger partial charge in [0.1, 0.15) is 11.5 Å². The van der Waals surface area contributed by atoms with E-state index in [1.165, 1.54) is 55.8 Å². The maximum absolute atomic E-state index is 13.2. The van der Waals surface area contributed by atoms with Crippen molar-refractivity contribution in [1.82, 2.24) is 4.98 Å². The molecule has 146 valence electrons. The standard InChI is InChI=1S/C21H16FN3O4/c1-29-21(28)13-5-7-16(8-6-13)24-20(27)18-11-14(9-10-23-18)19(26)25-17-4-2-3-15(22)12-17/h2-12H,1H3,(H,24,27)(H,25,26). The Balaban J connectivity index is 1.70. The molecule has 3 aromatic rings. The summed E-state index contributed by atoms with van der Waals surface area (Å²) in [4.78, 5) is 40.2. The fraction of sp³-hybridized carbons (Fsp3) is 0.0476. The quantitative estimate of drug-likeness (QED) is 0.647. The second-order valence-corrected chi connectivity index (χ2v) is 5.92. The highest BCUT2D eigenvalue weighted by Crippen LogP contribution is 2.14. The molecule has 0 saturated carbocycles. The van der Waals surface area contributed by atoms with E-state index in [0.717, 1.165) is 0 Å². The summed E-state index contributed by atoms with van der Waals surface area (Å²) in [5, 5.41) is 5.19. The van der Waals surface area contributed by atoms with Crippen LogP contribution in [0.15, 0.2) is 66.9 Å². The molecule has 0 unspecified atom stereocenters. The van der Waals surface area contributed by atoms with E-state index < -0.39 is 23.6 Å². The lowest BCUT2D eigenvalue weighted by atomic mass is 10.2. The van der Waals surface area contributed by atoms with E-state index in [4.69, 9.17) is 0 Å². The van der Waals surface area contributed by atoms with Gasteiger partial charge >= 0.3 is 5.97 Å². The summed E-state index contributed by atoms with van der Waals surface area (Å²) in [6, 6.07) is 14.4. The maximum Gasteiger partial charge on any atom is 0.337 e. The predicted molar refractivity (Wildman–Crippen MR) is 104 cm³/mol. The average Bonchev–Trinajstić information content (AvgIpc) is 2.74. The Morgan fingerprint density at radius 1 is 0.862 bits per heavy atom. The number of pyridine rings is 1. The largest absolute Gasteiger partial charge is 0.465 e. The molecule has 0 aliphatic rings. The third-order valence-corrected chi connectivity index (χ3v) is 3.90. The number of hydrogen-bond acceptors (Lipinski definition) is 5. The van der Waals surface area contributed by atoms with Crippen molar-refractivity contribution < 1.29 is 23.5 Å². The molecule has 2 aromatic carbocycles. The van der Waals surface area contributed by atoms with Crippen molar-refractivity contribution in [3.05, 3.63) is 89.5 Å². The van der Waals surface area contributed by atoms with E-state index in [1.54, 1.807) is 18.2 Å². The first kappa shape index (κ1) is 19.7. The van der Waals surface area contributed by atoms with Gasteiger partial charge in [-0.25, -0.2) is 9.18 Å². The number of benzene rings is 2. The van der Waals surface area contributed by atoms with Crippen LogP contribution in [0.5, 0.6) is 0 Å². The molecule has 0 fully saturated rings. The molecule has 0 aliphatic carbocycles. The topological polar surface area (TPSA) is 97.4 Å². The molecule has 3 rings (SSSR count). The van der Waals surface area contributed by atoms with Crippen molar-refractivity contribution in [1.29, 1.82) is 0 Å². The van der Waals surface area contributed by atoms with Gasteiger partial charge in [0.05, 0.1) is 12.7 Å². The van der Waals surface area contributed by atoms with E-state index in [1.807, 2.05) is 0 Å². The number of halogens is 1. The van der Waals surface area contributed by atoms with Crippen LogP contribution in [0.4, 0.5) is 15.8 Å². The number of aromatic nitrogens is 1. The molecule has 0 bridgehead atoms. The van der Waals surface area contributed by atoms with Gasteiger partial charge in [0.15, 0.2) is 0 Å². The average molecular weight is 393 g/mol. The number of amides is 2. The van der Waals surface area contributed by atoms with E-state index >= 15 is 0 Å². The summed E-state index contributed by atoms with van der Waals surface area (Å²) in [7, 11) is 1.28. The minimum Gasteiger partial charge on any atom is -0.465 e. The highest BCUT2D eigenvalue weighted by molar-refractivity contribution is 6.07. The highest BCUT2D eigenvalue weighted by Gasteiger charge is 2.13. The number of rotatable bonds is 5. The molecule has 0 spiro atoms. The fourth-order valence-corrected chi connectivity index (χ4v) is 2.47. The van der Waals surface area contributed by atoms with Gasteiger partial charge in [0, 0.05) is 23.1 Å². The van der Waals surface area contributed by atoms with Crippen molar-refractivity contribution in [3.63, 3.8) is 0 Å². The molecule has 0 saturated heterocycles. The third-order valence-electron chi connectivity index (χ3n) is 3.90. The summed E-state index contributed by atoms with van der Waals surface area (Å²) >= 11 is 0. The predicted octanol–water partition coefficient (Wildman–Crippen LogP) is 3.51. The van der Waals surface area contributed by atoms with Crippen molar-refractivity contribution in [2.75, 3.05) is 17.7 Å². The third kappa shape index (κ3) is 5.01. The molecule has 7 nitrogen and oxygen atoms in total. The molecule has 2 amide bonds. The number of nitrogens with zero attached hydrogens (tertiary/aromatic N) is 1. The van der Waals surface area contributed by atoms with Crippen molar-refractivity contribution >= 4 is 29.2 Å². The normalized spacial score (nSPS) is 10.1. The van der Waals surface area contributed by atoms with Crippen LogP contribution in [-0.2, 0) is 4.74 Å². The Morgan fingerprint density at radius 2 is 1.59 bits per heavy atom. The fourth-order valence-electron chi connectivity index (χ4n) is 2.47. The van der Waals surface area contributed by atoms with Crippen LogP contribution in [0.2, 0.25) is 0 Å². The first-order valence-electron chi connectivity index (χ1n) is 8.49. The van der Waals surface area contributed by atoms with Gasteiger partial charge in [0.2, 0.25) is 0 Å².